The number of hydrogen-bond donors (Lipinski definition) is 2. The Balaban J connectivity index is 1.71. The van der Waals surface area contributed by atoms with Crippen LogP contribution in [0.15, 0.2) is 15.6 Å². The van der Waals surface area contributed by atoms with Gasteiger partial charge in [-0.1, -0.05) is 20.8 Å². The van der Waals surface area contributed by atoms with Crippen LogP contribution in [-0.4, -0.2) is 50.0 Å². The summed E-state index contributed by atoms with van der Waals surface area (Å²) in [4.78, 5) is 8.86. The lowest BCUT2D eigenvalue weighted by Crippen LogP contribution is -2.38. The van der Waals surface area contributed by atoms with Gasteiger partial charge in [0.15, 0.2) is 5.96 Å². The third-order valence-electron chi connectivity index (χ3n) is 4.14. The summed E-state index contributed by atoms with van der Waals surface area (Å²) >= 11 is 0. The van der Waals surface area contributed by atoms with E-state index in [1.807, 2.05) is 6.92 Å². The van der Waals surface area contributed by atoms with Crippen LogP contribution in [0, 0.1) is 0 Å². The molecule has 0 aromatic carbocycles. The third kappa shape index (κ3) is 7.33. The summed E-state index contributed by atoms with van der Waals surface area (Å²) in [6.45, 7) is 12.8. The highest BCUT2D eigenvalue weighted by atomic mass is 16.5. The van der Waals surface area contributed by atoms with E-state index < -0.39 is 0 Å². The van der Waals surface area contributed by atoms with Gasteiger partial charge >= 0.3 is 0 Å². The van der Waals surface area contributed by atoms with Gasteiger partial charge in [-0.3, -0.25) is 0 Å². The van der Waals surface area contributed by atoms with Gasteiger partial charge in [-0.2, -0.15) is 0 Å². The molecule has 1 aromatic heterocycles. The molecule has 0 saturated carbocycles. The van der Waals surface area contributed by atoms with Gasteiger partial charge in [0.2, 0.25) is 5.89 Å². The Morgan fingerprint density at radius 3 is 2.73 bits per heavy atom. The molecule has 2 heterocycles. The van der Waals surface area contributed by atoms with Gasteiger partial charge in [0.25, 0.3) is 0 Å². The molecule has 1 aliphatic heterocycles. The maximum absolute atomic E-state index is 5.88. The first-order valence-electron chi connectivity index (χ1n) is 9.65. The van der Waals surface area contributed by atoms with Crippen LogP contribution in [-0.2, 0) is 21.4 Å². The van der Waals surface area contributed by atoms with E-state index in [1.54, 1.807) is 6.20 Å². The van der Waals surface area contributed by atoms with Crippen LogP contribution < -0.4 is 10.6 Å². The molecule has 26 heavy (non-hydrogen) atoms. The molecule has 2 N–H and O–H groups in total. The summed E-state index contributed by atoms with van der Waals surface area (Å²) in [6.07, 6.45) is 5.09. The summed E-state index contributed by atoms with van der Waals surface area (Å²) in [5, 5.41) is 6.57. The van der Waals surface area contributed by atoms with Crippen molar-refractivity contribution in [1.29, 1.82) is 0 Å². The fourth-order valence-electron chi connectivity index (χ4n) is 2.59. The summed E-state index contributed by atoms with van der Waals surface area (Å²) in [6, 6.07) is 0. The fourth-order valence-corrected chi connectivity index (χ4v) is 2.59. The highest BCUT2D eigenvalue weighted by Gasteiger charge is 2.19. The molecule has 1 saturated heterocycles. The van der Waals surface area contributed by atoms with Crippen molar-refractivity contribution in [2.24, 2.45) is 4.99 Å². The van der Waals surface area contributed by atoms with Gasteiger partial charge in [0, 0.05) is 38.3 Å². The Morgan fingerprint density at radius 2 is 2.08 bits per heavy atom. The average molecular weight is 367 g/mol. The summed E-state index contributed by atoms with van der Waals surface area (Å²) in [5.74, 6) is 2.29. The van der Waals surface area contributed by atoms with Crippen LogP contribution in [0.4, 0.5) is 0 Å². The highest BCUT2D eigenvalue weighted by molar-refractivity contribution is 5.79. The molecule has 0 radical (unpaired) electrons. The molecular weight excluding hydrogens is 332 g/mol. The van der Waals surface area contributed by atoms with Gasteiger partial charge in [0.1, 0.15) is 12.3 Å². The molecule has 0 spiro atoms. The van der Waals surface area contributed by atoms with E-state index in [1.165, 1.54) is 0 Å². The Labute approximate surface area is 157 Å². The predicted octanol–water partition coefficient (Wildman–Crippen LogP) is 2.61. The molecule has 0 aliphatic carbocycles. The molecule has 0 atom stereocenters. The number of rotatable bonds is 8. The number of ether oxygens (including phenoxy) is 2. The smallest absolute Gasteiger partial charge is 0.216 e. The molecule has 7 nitrogen and oxygen atoms in total. The maximum atomic E-state index is 5.88. The lowest BCUT2D eigenvalue weighted by atomic mass is 9.94. The van der Waals surface area contributed by atoms with Crippen LogP contribution in [0.5, 0.6) is 0 Å². The van der Waals surface area contributed by atoms with E-state index in [2.05, 4.69) is 41.4 Å². The van der Waals surface area contributed by atoms with Crippen molar-refractivity contribution < 1.29 is 13.9 Å². The molecule has 148 valence electrons. The second kappa shape index (κ2) is 10.5. The molecule has 0 unspecified atom stereocenters. The lowest BCUT2D eigenvalue weighted by Gasteiger charge is -2.22. The number of aromatic nitrogens is 1. The first kappa shape index (κ1) is 20.7. The zero-order valence-electron chi connectivity index (χ0n) is 16.6. The van der Waals surface area contributed by atoms with E-state index in [9.17, 15) is 0 Å². The summed E-state index contributed by atoms with van der Waals surface area (Å²) in [5.41, 5.74) is -0.0395. The monoisotopic (exact) mass is 366 g/mol. The molecule has 2 rings (SSSR count). The predicted molar refractivity (Wildman–Crippen MR) is 102 cm³/mol. The SMILES string of the molecule is CCNC(=NCc1ncc(C(C)(C)C)o1)NCCCOC1CCOCC1. The molecule has 1 fully saturated rings. The standard InChI is InChI=1S/C19H34N4O3/c1-5-20-18(21-9-6-10-25-15-7-11-24-12-8-15)23-14-17-22-13-16(26-17)19(2,3)4/h13,15H,5-12,14H2,1-4H3,(H2,20,21,23). The third-order valence-corrected chi connectivity index (χ3v) is 4.14. The van der Waals surface area contributed by atoms with Crippen molar-refractivity contribution in [2.45, 2.75) is 65.0 Å². The topological polar surface area (TPSA) is 80.9 Å². The number of guanidine groups is 1. The zero-order chi connectivity index (χ0) is 18.8. The number of aliphatic imine (C=N–C) groups is 1. The minimum Gasteiger partial charge on any atom is -0.443 e. The Bertz CT molecular complexity index is 545. The minimum atomic E-state index is -0.0395. The van der Waals surface area contributed by atoms with E-state index in [-0.39, 0.29) is 5.41 Å². The Morgan fingerprint density at radius 1 is 1.31 bits per heavy atom. The number of nitrogens with zero attached hydrogens (tertiary/aromatic N) is 2. The van der Waals surface area contributed by atoms with Crippen LogP contribution in [0.2, 0.25) is 0 Å². The molecule has 0 amide bonds. The molecule has 1 aliphatic rings. The van der Waals surface area contributed by atoms with Gasteiger partial charge in [-0.25, -0.2) is 9.98 Å². The van der Waals surface area contributed by atoms with Crippen molar-refractivity contribution >= 4 is 5.96 Å². The second-order valence-corrected chi connectivity index (χ2v) is 7.53. The normalized spacial score (nSPS) is 16.7. The van der Waals surface area contributed by atoms with E-state index in [4.69, 9.17) is 13.9 Å². The molecule has 7 heteroatoms. The van der Waals surface area contributed by atoms with Crippen molar-refractivity contribution in [3.63, 3.8) is 0 Å². The van der Waals surface area contributed by atoms with Gasteiger partial charge in [-0.05, 0) is 26.2 Å². The van der Waals surface area contributed by atoms with Crippen molar-refractivity contribution in [3.8, 4) is 0 Å². The Hall–Kier alpha value is -1.60. The number of nitrogens with one attached hydrogen (secondary N) is 2. The number of oxazole rings is 1. The first-order chi connectivity index (χ1) is 12.5. The second-order valence-electron chi connectivity index (χ2n) is 7.53. The van der Waals surface area contributed by atoms with Crippen LogP contribution >= 0.6 is 0 Å². The zero-order valence-corrected chi connectivity index (χ0v) is 16.6. The molecular formula is C19H34N4O3. The van der Waals surface area contributed by atoms with Crippen molar-refractivity contribution in [1.82, 2.24) is 15.6 Å². The van der Waals surface area contributed by atoms with E-state index >= 15 is 0 Å². The lowest BCUT2D eigenvalue weighted by molar-refractivity contribution is -0.0320. The van der Waals surface area contributed by atoms with Crippen molar-refractivity contribution in [3.05, 3.63) is 17.8 Å². The fraction of sp³-hybridized carbons (Fsp3) is 0.789. The summed E-state index contributed by atoms with van der Waals surface area (Å²) < 4.78 is 17.0. The number of hydrogen-bond acceptors (Lipinski definition) is 5. The first-order valence-corrected chi connectivity index (χ1v) is 9.65. The average Bonchev–Trinajstić information content (AvgIpc) is 3.09. The Kier molecular flexibility index (Phi) is 8.38. The van der Waals surface area contributed by atoms with E-state index in [0.717, 1.165) is 63.9 Å². The van der Waals surface area contributed by atoms with Crippen LogP contribution in [0.3, 0.4) is 0 Å². The van der Waals surface area contributed by atoms with Crippen LogP contribution in [0.1, 0.15) is 58.6 Å². The van der Waals surface area contributed by atoms with Gasteiger partial charge < -0.3 is 24.5 Å². The van der Waals surface area contributed by atoms with Gasteiger partial charge in [0.05, 0.1) is 12.3 Å². The van der Waals surface area contributed by atoms with Crippen molar-refractivity contribution in [2.75, 3.05) is 32.9 Å². The highest BCUT2D eigenvalue weighted by Crippen LogP contribution is 2.22. The molecule has 1 aromatic rings. The largest absolute Gasteiger partial charge is 0.443 e. The van der Waals surface area contributed by atoms with E-state index in [0.29, 0.717) is 18.5 Å². The quantitative estimate of drug-likeness (QED) is 0.418. The van der Waals surface area contributed by atoms with Gasteiger partial charge in [-0.15, -0.1) is 0 Å². The summed E-state index contributed by atoms with van der Waals surface area (Å²) in [7, 11) is 0. The van der Waals surface area contributed by atoms with Crippen LogP contribution in [0.25, 0.3) is 0 Å². The molecule has 0 bridgehead atoms. The maximum Gasteiger partial charge on any atom is 0.216 e. The minimum absolute atomic E-state index is 0.0395.